The summed E-state index contributed by atoms with van der Waals surface area (Å²) in [6, 6.07) is 7.45. The zero-order valence-corrected chi connectivity index (χ0v) is 11.4. The summed E-state index contributed by atoms with van der Waals surface area (Å²) < 4.78 is 11.3. The summed E-state index contributed by atoms with van der Waals surface area (Å²) in [6.07, 6.45) is 0.325. The number of rotatable bonds is 5. The fourth-order valence-electron chi connectivity index (χ4n) is 2.18. The Morgan fingerprint density at radius 3 is 1.89 bits per heavy atom. The Hall–Kier alpha value is -1.97. The van der Waals surface area contributed by atoms with Crippen LogP contribution >= 0.6 is 0 Å². The molecule has 0 aliphatic carbocycles. The molecule has 0 bridgehead atoms. The number of hydrogen-bond donors (Lipinski definition) is 0. The minimum Gasteiger partial charge on any atom is -0.550 e. The standard InChI is InChI=1S/C15H18O4/c1-10-4-6-12(18-10)15(3,9-8-14(16)17)13-7-5-11(2)19-13/h4-7H,8-9H2,1-3H3,(H,16,17)/p-1. The molecule has 0 atom stereocenters. The fourth-order valence-corrected chi connectivity index (χ4v) is 2.18. The van der Waals surface area contributed by atoms with Crippen LogP contribution in [0.1, 0.15) is 42.8 Å². The summed E-state index contributed by atoms with van der Waals surface area (Å²) in [4.78, 5) is 10.7. The highest BCUT2D eigenvalue weighted by Crippen LogP contribution is 2.38. The molecule has 19 heavy (non-hydrogen) atoms. The Labute approximate surface area is 112 Å². The van der Waals surface area contributed by atoms with Crippen molar-refractivity contribution < 1.29 is 18.7 Å². The van der Waals surface area contributed by atoms with Crippen LogP contribution in [0, 0.1) is 13.8 Å². The van der Waals surface area contributed by atoms with Gasteiger partial charge in [-0.3, -0.25) is 0 Å². The van der Waals surface area contributed by atoms with E-state index in [0.717, 1.165) is 11.5 Å². The Kier molecular flexibility index (Phi) is 3.51. The predicted octanol–water partition coefficient (Wildman–Crippen LogP) is 2.33. The van der Waals surface area contributed by atoms with Crippen molar-refractivity contribution in [3.8, 4) is 0 Å². The summed E-state index contributed by atoms with van der Waals surface area (Å²) in [7, 11) is 0. The number of carbonyl (C=O) groups is 1. The number of aryl methyl sites for hydroxylation is 2. The van der Waals surface area contributed by atoms with E-state index in [2.05, 4.69) is 0 Å². The highest BCUT2D eigenvalue weighted by Gasteiger charge is 2.35. The molecule has 2 heterocycles. The second kappa shape index (κ2) is 4.96. The lowest BCUT2D eigenvalue weighted by molar-refractivity contribution is -0.306. The lowest BCUT2D eigenvalue weighted by Crippen LogP contribution is -2.28. The Morgan fingerprint density at radius 1 is 1.11 bits per heavy atom. The van der Waals surface area contributed by atoms with Crippen molar-refractivity contribution in [1.82, 2.24) is 0 Å². The molecule has 0 saturated heterocycles. The number of carboxylic acids is 1. The van der Waals surface area contributed by atoms with E-state index in [-0.39, 0.29) is 6.42 Å². The molecule has 2 rings (SSSR count). The molecular formula is C15H17O4-. The van der Waals surface area contributed by atoms with Crippen LogP contribution in [0.3, 0.4) is 0 Å². The maximum Gasteiger partial charge on any atom is 0.117 e. The van der Waals surface area contributed by atoms with Crippen LogP contribution in [-0.4, -0.2) is 5.97 Å². The van der Waals surface area contributed by atoms with Gasteiger partial charge in [0.25, 0.3) is 0 Å². The third-order valence-corrected chi connectivity index (χ3v) is 3.40. The molecule has 0 radical (unpaired) electrons. The monoisotopic (exact) mass is 261 g/mol. The van der Waals surface area contributed by atoms with Gasteiger partial charge in [-0.2, -0.15) is 0 Å². The minimum absolute atomic E-state index is 0.0456. The topological polar surface area (TPSA) is 66.4 Å². The van der Waals surface area contributed by atoms with Gasteiger partial charge in [0.05, 0.1) is 5.41 Å². The summed E-state index contributed by atoms with van der Waals surface area (Å²) in [5.74, 6) is 1.93. The van der Waals surface area contributed by atoms with Crippen LogP contribution in [0.5, 0.6) is 0 Å². The first-order valence-electron chi connectivity index (χ1n) is 6.25. The van der Waals surface area contributed by atoms with Gasteiger partial charge in [0.2, 0.25) is 0 Å². The molecule has 2 aromatic heterocycles. The van der Waals surface area contributed by atoms with Gasteiger partial charge in [0, 0.05) is 5.97 Å². The maximum absolute atomic E-state index is 10.7. The van der Waals surface area contributed by atoms with E-state index in [1.54, 1.807) is 0 Å². The summed E-state index contributed by atoms with van der Waals surface area (Å²) >= 11 is 0. The van der Waals surface area contributed by atoms with Gasteiger partial charge < -0.3 is 18.7 Å². The van der Waals surface area contributed by atoms with E-state index in [1.165, 1.54) is 0 Å². The Bertz CT molecular complexity index is 536. The number of furan rings is 2. The van der Waals surface area contributed by atoms with Crippen LogP contribution in [0.25, 0.3) is 0 Å². The van der Waals surface area contributed by atoms with Gasteiger partial charge in [0.1, 0.15) is 23.0 Å². The van der Waals surface area contributed by atoms with Gasteiger partial charge in [-0.15, -0.1) is 0 Å². The summed E-state index contributed by atoms with van der Waals surface area (Å²) in [6.45, 7) is 5.64. The first-order valence-corrected chi connectivity index (χ1v) is 6.25. The van der Waals surface area contributed by atoms with Gasteiger partial charge in [-0.1, -0.05) is 0 Å². The molecule has 0 spiro atoms. The normalized spacial score (nSPS) is 11.7. The number of carboxylic acid groups (broad SMARTS) is 1. The first-order chi connectivity index (χ1) is 8.91. The molecule has 4 heteroatoms. The van der Waals surface area contributed by atoms with Crippen molar-refractivity contribution in [2.24, 2.45) is 0 Å². The van der Waals surface area contributed by atoms with Crippen molar-refractivity contribution in [3.05, 3.63) is 47.3 Å². The van der Waals surface area contributed by atoms with Crippen LogP contribution in [0.2, 0.25) is 0 Å². The Morgan fingerprint density at radius 2 is 1.58 bits per heavy atom. The lowest BCUT2D eigenvalue weighted by Gasteiger charge is -2.25. The number of hydrogen-bond acceptors (Lipinski definition) is 4. The second-order valence-electron chi connectivity index (χ2n) is 5.02. The van der Waals surface area contributed by atoms with Gasteiger partial charge in [-0.05, 0) is 57.9 Å². The van der Waals surface area contributed by atoms with Crippen LogP contribution in [0.15, 0.2) is 33.1 Å². The van der Waals surface area contributed by atoms with E-state index in [9.17, 15) is 9.90 Å². The van der Waals surface area contributed by atoms with Crippen molar-refractivity contribution in [2.45, 2.75) is 39.0 Å². The highest BCUT2D eigenvalue weighted by molar-refractivity contribution is 5.64. The van der Waals surface area contributed by atoms with Crippen molar-refractivity contribution in [3.63, 3.8) is 0 Å². The highest BCUT2D eigenvalue weighted by atomic mass is 16.4. The average Bonchev–Trinajstić information content (AvgIpc) is 2.95. The smallest absolute Gasteiger partial charge is 0.117 e. The van der Waals surface area contributed by atoms with Crippen LogP contribution in [-0.2, 0) is 10.2 Å². The lowest BCUT2D eigenvalue weighted by atomic mass is 9.80. The molecular weight excluding hydrogens is 244 g/mol. The largest absolute Gasteiger partial charge is 0.550 e. The first kappa shape index (κ1) is 13.5. The molecule has 102 valence electrons. The van der Waals surface area contributed by atoms with Gasteiger partial charge >= 0.3 is 0 Å². The quantitative estimate of drug-likeness (QED) is 0.828. The minimum atomic E-state index is -1.07. The van der Waals surface area contributed by atoms with Crippen molar-refractivity contribution in [2.75, 3.05) is 0 Å². The molecule has 0 aliphatic rings. The van der Waals surface area contributed by atoms with E-state index < -0.39 is 11.4 Å². The van der Waals surface area contributed by atoms with E-state index in [0.29, 0.717) is 17.9 Å². The summed E-state index contributed by atoms with van der Waals surface area (Å²) in [5.41, 5.74) is -0.595. The molecule has 4 nitrogen and oxygen atoms in total. The van der Waals surface area contributed by atoms with Gasteiger partial charge in [-0.25, -0.2) is 0 Å². The van der Waals surface area contributed by atoms with Gasteiger partial charge in [0.15, 0.2) is 0 Å². The molecule has 0 unspecified atom stereocenters. The molecule has 0 N–H and O–H groups in total. The summed E-state index contributed by atoms with van der Waals surface area (Å²) in [5, 5.41) is 10.7. The Balaban J connectivity index is 2.40. The maximum atomic E-state index is 10.7. The van der Waals surface area contributed by atoms with E-state index >= 15 is 0 Å². The van der Waals surface area contributed by atoms with E-state index in [1.807, 2.05) is 45.0 Å². The SMILES string of the molecule is Cc1ccc(C(C)(CCC(=O)[O-])c2ccc(C)o2)o1. The molecule has 2 aromatic rings. The van der Waals surface area contributed by atoms with Crippen molar-refractivity contribution >= 4 is 5.97 Å². The van der Waals surface area contributed by atoms with E-state index in [4.69, 9.17) is 8.83 Å². The molecule has 0 amide bonds. The third kappa shape index (κ3) is 2.72. The molecule has 0 saturated carbocycles. The predicted molar refractivity (Wildman–Crippen MR) is 67.6 cm³/mol. The number of carbonyl (C=O) groups excluding carboxylic acids is 1. The van der Waals surface area contributed by atoms with Crippen molar-refractivity contribution in [1.29, 1.82) is 0 Å². The average molecular weight is 261 g/mol. The zero-order valence-electron chi connectivity index (χ0n) is 11.4. The second-order valence-corrected chi connectivity index (χ2v) is 5.02. The fraction of sp³-hybridized carbons (Fsp3) is 0.400. The number of aliphatic carboxylic acids is 1. The molecule has 0 aromatic carbocycles. The van der Waals surface area contributed by atoms with Crippen LogP contribution < -0.4 is 5.11 Å². The van der Waals surface area contributed by atoms with Crippen LogP contribution in [0.4, 0.5) is 0 Å². The zero-order chi connectivity index (χ0) is 14.0. The third-order valence-electron chi connectivity index (χ3n) is 3.40. The molecule has 0 fully saturated rings. The molecule has 0 aliphatic heterocycles.